The summed E-state index contributed by atoms with van der Waals surface area (Å²) in [5.41, 5.74) is 2.14. The highest BCUT2D eigenvalue weighted by atomic mass is 79.9. The zero-order chi connectivity index (χ0) is 9.54. The van der Waals surface area contributed by atoms with Gasteiger partial charge in [0.05, 0.1) is 11.9 Å². The maximum Gasteiger partial charge on any atom is 0.213 e. The van der Waals surface area contributed by atoms with Crippen molar-refractivity contribution in [2.45, 2.75) is 0 Å². The number of nitrogens with zero attached hydrogens (tertiary/aromatic N) is 3. The van der Waals surface area contributed by atoms with Gasteiger partial charge in [-0.15, -0.1) is 5.10 Å². The van der Waals surface area contributed by atoms with Gasteiger partial charge in [-0.3, -0.25) is 0 Å². The summed E-state index contributed by atoms with van der Waals surface area (Å²) >= 11 is 6.53. The summed E-state index contributed by atoms with van der Waals surface area (Å²) in [5, 5.41) is 8.37. The lowest BCUT2D eigenvalue weighted by atomic mass is 10.3. The minimum atomic E-state index is 0.858. The summed E-state index contributed by atoms with van der Waals surface area (Å²) in [6, 6.07) is 2.06. The molecule has 0 unspecified atom stereocenters. The van der Waals surface area contributed by atoms with Gasteiger partial charge in [0.25, 0.3) is 0 Å². The van der Waals surface area contributed by atoms with Crippen molar-refractivity contribution in [1.29, 1.82) is 0 Å². The Labute approximate surface area is 96.2 Å². The molecule has 3 aromatic heterocycles. The number of rotatable bonds is 1. The van der Waals surface area contributed by atoms with Crippen LogP contribution >= 0.6 is 38.6 Å². The smallest absolute Gasteiger partial charge is 0.213 e. The summed E-state index contributed by atoms with van der Waals surface area (Å²) in [7, 11) is 0. The molecule has 0 amide bonds. The van der Waals surface area contributed by atoms with Crippen LogP contribution in [-0.2, 0) is 0 Å². The third-order valence-electron chi connectivity index (χ3n) is 1.84. The number of halogens is 1. The number of imidazole rings is 1. The van der Waals surface area contributed by atoms with E-state index in [4.69, 9.17) is 0 Å². The van der Waals surface area contributed by atoms with E-state index in [0.29, 0.717) is 0 Å². The van der Waals surface area contributed by atoms with Crippen molar-refractivity contribution in [3.63, 3.8) is 0 Å². The van der Waals surface area contributed by atoms with Gasteiger partial charge < -0.3 is 0 Å². The average molecular weight is 286 g/mol. The summed E-state index contributed by atoms with van der Waals surface area (Å²) in [4.78, 5) is 5.39. The summed E-state index contributed by atoms with van der Waals surface area (Å²) in [6.07, 6.45) is 1.94. The van der Waals surface area contributed by atoms with Gasteiger partial charge in [-0.25, -0.2) is 9.50 Å². The molecule has 0 saturated heterocycles. The highest BCUT2D eigenvalue weighted by Crippen LogP contribution is 2.25. The second kappa shape index (κ2) is 3.15. The number of fused-ring (bicyclic) bond motifs is 1. The fourth-order valence-electron chi connectivity index (χ4n) is 1.23. The molecule has 3 aromatic rings. The Morgan fingerprint density at radius 3 is 3.07 bits per heavy atom. The van der Waals surface area contributed by atoms with E-state index in [9.17, 15) is 0 Å². The van der Waals surface area contributed by atoms with Gasteiger partial charge in [0.1, 0.15) is 0 Å². The van der Waals surface area contributed by atoms with Gasteiger partial charge in [0.2, 0.25) is 4.96 Å². The Morgan fingerprint density at radius 1 is 1.43 bits per heavy atom. The molecule has 0 aromatic carbocycles. The van der Waals surface area contributed by atoms with Gasteiger partial charge >= 0.3 is 0 Å². The van der Waals surface area contributed by atoms with Crippen molar-refractivity contribution in [2.75, 3.05) is 0 Å². The van der Waals surface area contributed by atoms with Crippen LogP contribution in [0.4, 0.5) is 0 Å². The molecule has 3 heterocycles. The van der Waals surface area contributed by atoms with Crippen molar-refractivity contribution in [1.82, 2.24) is 14.6 Å². The first kappa shape index (κ1) is 8.58. The molecule has 0 radical (unpaired) electrons. The van der Waals surface area contributed by atoms with Gasteiger partial charge in [-0.2, -0.15) is 11.3 Å². The Balaban J connectivity index is 2.20. The normalized spacial score (nSPS) is 11.2. The molecule has 0 spiro atoms. The van der Waals surface area contributed by atoms with Crippen molar-refractivity contribution in [3.05, 3.63) is 26.9 Å². The second-order valence-electron chi connectivity index (χ2n) is 2.72. The van der Waals surface area contributed by atoms with Crippen LogP contribution in [0.15, 0.2) is 26.9 Å². The van der Waals surface area contributed by atoms with E-state index < -0.39 is 0 Å². The second-order valence-corrected chi connectivity index (χ2v) is 5.73. The molecule has 0 atom stereocenters. The number of hydrogen-bond donors (Lipinski definition) is 0. The lowest BCUT2D eigenvalue weighted by molar-refractivity contribution is 0.959. The number of thiophene rings is 1. The van der Waals surface area contributed by atoms with E-state index >= 15 is 0 Å². The van der Waals surface area contributed by atoms with Gasteiger partial charge in [0.15, 0.2) is 3.92 Å². The van der Waals surface area contributed by atoms with E-state index in [-0.39, 0.29) is 0 Å². The summed E-state index contributed by atoms with van der Waals surface area (Å²) in [6.45, 7) is 0. The molecule has 3 nitrogen and oxygen atoms in total. The molecule has 14 heavy (non-hydrogen) atoms. The molecule has 0 saturated carbocycles. The molecule has 3 rings (SSSR count). The summed E-state index contributed by atoms with van der Waals surface area (Å²) < 4.78 is 2.65. The molecule has 70 valence electrons. The lowest BCUT2D eigenvalue weighted by Gasteiger charge is -1.85. The van der Waals surface area contributed by atoms with E-state index in [1.165, 1.54) is 11.3 Å². The highest BCUT2D eigenvalue weighted by molar-refractivity contribution is 9.11. The Kier molecular flexibility index (Phi) is 1.93. The molecular weight excluding hydrogens is 282 g/mol. The maximum atomic E-state index is 4.47. The van der Waals surface area contributed by atoms with Crippen LogP contribution in [0.5, 0.6) is 0 Å². The van der Waals surface area contributed by atoms with Crippen molar-refractivity contribution in [3.8, 4) is 11.3 Å². The molecule has 0 fully saturated rings. The standard InChI is InChI=1S/C8H4BrN3S2/c9-7-11-12-3-6(10-8(12)14-7)5-1-2-13-4-5/h1-4H. The molecule has 0 aliphatic rings. The predicted molar refractivity (Wildman–Crippen MR) is 61.9 cm³/mol. The Bertz CT molecular complexity index is 535. The van der Waals surface area contributed by atoms with Crippen LogP contribution < -0.4 is 0 Å². The molecule has 0 aliphatic heterocycles. The minimum absolute atomic E-state index is 0.858. The van der Waals surface area contributed by atoms with E-state index in [2.05, 4.69) is 37.5 Å². The molecule has 0 bridgehead atoms. The van der Waals surface area contributed by atoms with Gasteiger partial charge in [-0.05, 0) is 27.4 Å². The van der Waals surface area contributed by atoms with Crippen LogP contribution in [0.1, 0.15) is 0 Å². The highest BCUT2D eigenvalue weighted by Gasteiger charge is 2.07. The quantitative estimate of drug-likeness (QED) is 0.687. The first-order chi connectivity index (χ1) is 6.83. The van der Waals surface area contributed by atoms with Crippen LogP contribution in [0, 0.1) is 0 Å². The largest absolute Gasteiger partial charge is 0.217 e. The van der Waals surface area contributed by atoms with Crippen LogP contribution in [0.25, 0.3) is 16.2 Å². The average Bonchev–Trinajstić information content (AvgIpc) is 2.74. The first-order valence-corrected chi connectivity index (χ1v) is 6.42. The van der Waals surface area contributed by atoms with E-state index in [1.807, 2.05) is 11.6 Å². The summed E-state index contributed by atoms with van der Waals surface area (Å²) in [5.74, 6) is 0. The lowest BCUT2D eigenvalue weighted by Crippen LogP contribution is -1.77. The van der Waals surface area contributed by atoms with Crippen LogP contribution in [0.2, 0.25) is 0 Å². The van der Waals surface area contributed by atoms with E-state index in [1.54, 1.807) is 15.9 Å². The topological polar surface area (TPSA) is 30.2 Å². The molecule has 6 heteroatoms. The van der Waals surface area contributed by atoms with Crippen LogP contribution in [0.3, 0.4) is 0 Å². The zero-order valence-electron chi connectivity index (χ0n) is 6.85. The molecule has 0 aliphatic carbocycles. The number of hydrogen-bond acceptors (Lipinski definition) is 4. The number of aromatic nitrogens is 3. The zero-order valence-corrected chi connectivity index (χ0v) is 10.1. The van der Waals surface area contributed by atoms with Crippen molar-refractivity contribution < 1.29 is 0 Å². The van der Waals surface area contributed by atoms with E-state index in [0.717, 1.165) is 20.1 Å². The molecular formula is C8H4BrN3S2. The fraction of sp³-hybridized carbons (Fsp3) is 0. The monoisotopic (exact) mass is 285 g/mol. The van der Waals surface area contributed by atoms with Crippen molar-refractivity contribution in [2.24, 2.45) is 0 Å². The van der Waals surface area contributed by atoms with Crippen molar-refractivity contribution >= 4 is 43.6 Å². The van der Waals surface area contributed by atoms with Gasteiger partial charge in [-0.1, -0.05) is 11.3 Å². The van der Waals surface area contributed by atoms with Crippen LogP contribution in [-0.4, -0.2) is 14.6 Å². The third-order valence-corrected chi connectivity index (χ3v) is 3.87. The SMILES string of the molecule is Brc1nn2cc(-c3ccsc3)nc2s1. The maximum absolute atomic E-state index is 4.47. The first-order valence-electron chi connectivity index (χ1n) is 3.87. The Hall–Kier alpha value is -0.720. The van der Waals surface area contributed by atoms with Gasteiger partial charge in [0, 0.05) is 10.9 Å². The minimum Gasteiger partial charge on any atom is -0.217 e. The Morgan fingerprint density at radius 2 is 2.36 bits per heavy atom. The molecule has 0 N–H and O–H groups in total. The fourth-order valence-corrected chi connectivity index (χ4v) is 3.09. The third kappa shape index (κ3) is 1.30. The predicted octanol–water partition coefficient (Wildman–Crippen LogP) is 3.28.